The maximum atomic E-state index is 12.3. The van der Waals surface area contributed by atoms with E-state index in [1.807, 2.05) is 38.1 Å². The van der Waals surface area contributed by atoms with Crippen LogP contribution in [0.3, 0.4) is 0 Å². The molecule has 0 aliphatic heterocycles. The predicted octanol–water partition coefficient (Wildman–Crippen LogP) is 5.16. The number of carbonyl (C=O) groups excluding carboxylic acids is 1. The lowest BCUT2D eigenvalue weighted by Crippen LogP contribution is -2.13. The number of hydrogen-bond acceptors (Lipinski definition) is 3. The van der Waals surface area contributed by atoms with Gasteiger partial charge < -0.3 is 5.32 Å². The molecule has 0 unspecified atom stereocenters. The maximum absolute atomic E-state index is 12.3. The van der Waals surface area contributed by atoms with Crippen LogP contribution in [-0.2, 0) is 4.79 Å². The van der Waals surface area contributed by atoms with Gasteiger partial charge in [0.15, 0.2) is 0 Å². The zero-order valence-electron chi connectivity index (χ0n) is 13.7. The van der Waals surface area contributed by atoms with Crippen LogP contribution >= 0.6 is 11.8 Å². The SMILES string of the molecule is Cc1ccc(/C=C(\C#N)C(=O)Nc2ccc(SC(F)F)cc2)cc1C. The molecule has 1 N–H and O–H groups in total. The van der Waals surface area contributed by atoms with Crippen LogP contribution in [0.2, 0.25) is 0 Å². The molecule has 25 heavy (non-hydrogen) atoms. The third kappa shape index (κ3) is 5.44. The average molecular weight is 358 g/mol. The van der Waals surface area contributed by atoms with Crippen LogP contribution in [0.25, 0.3) is 6.08 Å². The van der Waals surface area contributed by atoms with Crippen LogP contribution in [0.4, 0.5) is 14.5 Å². The van der Waals surface area contributed by atoms with E-state index in [4.69, 9.17) is 0 Å². The van der Waals surface area contributed by atoms with Gasteiger partial charge in [-0.15, -0.1) is 0 Å². The standard InChI is InChI=1S/C19H16F2N2OS/c1-12-3-4-14(9-13(12)2)10-15(11-22)18(24)23-16-5-7-17(8-6-16)25-19(20)21/h3-10,19H,1-2H3,(H,23,24)/b15-10+. The Morgan fingerprint density at radius 3 is 2.40 bits per heavy atom. The van der Waals surface area contributed by atoms with Gasteiger partial charge in [-0.25, -0.2) is 0 Å². The molecule has 0 heterocycles. The van der Waals surface area contributed by atoms with Gasteiger partial charge in [0.25, 0.3) is 11.7 Å². The second kappa shape index (κ2) is 8.45. The highest BCUT2D eigenvalue weighted by Crippen LogP contribution is 2.26. The first-order valence-electron chi connectivity index (χ1n) is 7.44. The molecule has 0 fully saturated rings. The summed E-state index contributed by atoms with van der Waals surface area (Å²) >= 11 is 0.431. The smallest absolute Gasteiger partial charge is 0.288 e. The van der Waals surface area contributed by atoms with E-state index in [9.17, 15) is 18.8 Å². The molecule has 2 aromatic carbocycles. The zero-order valence-corrected chi connectivity index (χ0v) is 14.5. The molecule has 2 rings (SSSR count). The molecule has 2 aromatic rings. The molecule has 128 valence electrons. The summed E-state index contributed by atoms with van der Waals surface area (Å²) in [4.78, 5) is 12.6. The molecular formula is C19H16F2N2OS. The third-order valence-electron chi connectivity index (χ3n) is 3.54. The van der Waals surface area contributed by atoms with Gasteiger partial charge in [-0.2, -0.15) is 14.0 Å². The van der Waals surface area contributed by atoms with Crippen molar-refractivity contribution in [1.82, 2.24) is 0 Å². The van der Waals surface area contributed by atoms with E-state index < -0.39 is 11.7 Å². The van der Waals surface area contributed by atoms with Gasteiger partial charge in [-0.05, 0) is 60.9 Å². The second-order valence-corrected chi connectivity index (χ2v) is 6.43. The summed E-state index contributed by atoms with van der Waals surface area (Å²) in [6, 6.07) is 13.6. The summed E-state index contributed by atoms with van der Waals surface area (Å²) in [7, 11) is 0. The van der Waals surface area contributed by atoms with Crippen molar-refractivity contribution in [2.45, 2.75) is 24.5 Å². The minimum absolute atomic E-state index is 0.0331. The summed E-state index contributed by atoms with van der Waals surface area (Å²) in [6.45, 7) is 3.94. The van der Waals surface area contributed by atoms with Crippen molar-refractivity contribution in [1.29, 1.82) is 5.26 Å². The van der Waals surface area contributed by atoms with Crippen molar-refractivity contribution >= 4 is 29.4 Å². The van der Waals surface area contributed by atoms with Gasteiger partial charge in [-0.3, -0.25) is 4.79 Å². The Labute approximate surface area is 149 Å². The molecule has 0 aromatic heterocycles. The lowest BCUT2D eigenvalue weighted by atomic mass is 10.0. The van der Waals surface area contributed by atoms with Crippen molar-refractivity contribution in [2.24, 2.45) is 0 Å². The quantitative estimate of drug-likeness (QED) is 0.456. The Bertz CT molecular complexity index is 839. The van der Waals surface area contributed by atoms with E-state index in [-0.39, 0.29) is 5.57 Å². The van der Waals surface area contributed by atoms with Crippen LogP contribution < -0.4 is 5.32 Å². The van der Waals surface area contributed by atoms with Crippen molar-refractivity contribution < 1.29 is 13.6 Å². The Morgan fingerprint density at radius 1 is 1.16 bits per heavy atom. The summed E-state index contributed by atoms with van der Waals surface area (Å²) in [5.41, 5.74) is 3.36. The molecule has 0 spiro atoms. The molecule has 0 radical (unpaired) electrons. The lowest BCUT2D eigenvalue weighted by Gasteiger charge is -2.06. The number of nitrogens with zero attached hydrogens (tertiary/aromatic N) is 1. The molecule has 0 bridgehead atoms. The largest absolute Gasteiger partial charge is 0.321 e. The van der Waals surface area contributed by atoms with Crippen LogP contribution in [0.15, 0.2) is 52.9 Å². The molecule has 0 aliphatic carbocycles. The Kier molecular flexibility index (Phi) is 6.31. The monoisotopic (exact) mass is 358 g/mol. The van der Waals surface area contributed by atoms with Crippen LogP contribution in [0.5, 0.6) is 0 Å². The lowest BCUT2D eigenvalue weighted by molar-refractivity contribution is -0.112. The topological polar surface area (TPSA) is 52.9 Å². The van der Waals surface area contributed by atoms with E-state index >= 15 is 0 Å². The number of anilines is 1. The Balaban J connectivity index is 2.13. The van der Waals surface area contributed by atoms with Crippen LogP contribution in [0, 0.1) is 25.2 Å². The third-order valence-corrected chi connectivity index (χ3v) is 4.27. The zero-order chi connectivity index (χ0) is 18.4. The highest BCUT2D eigenvalue weighted by Gasteiger charge is 2.10. The van der Waals surface area contributed by atoms with Crippen LogP contribution in [0.1, 0.15) is 16.7 Å². The van der Waals surface area contributed by atoms with Crippen molar-refractivity contribution in [3.8, 4) is 6.07 Å². The van der Waals surface area contributed by atoms with Crippen LogP contribution in [-0.4, -0.2) is 11.7 Å². The first-order valence-corrected chi connectivity index (χ1v) is 8.32. The molecular weight excluding hydrogens is 342 g/mol. The number of nitriles is 1. The average Bonchev–Trinajstić information content (AvgIpc) is 2.57. The first kappa shape index (κ1) is 18.7. The fraction of sp³-hybridized carbons (Fsp3) is 0.158. The number of halogens is 2. The molecule has 1 amide bonds. The van der Waals surface area contributed by atoms with E-state index in [0.29, 0.717) is 22.3 Å². The second-order valence-electron chi connectivity index (χ2n) is 5.37. The minimum atomic E-state index is -2.49. The fourth-order valence-electron chi connectivity index (χ4n) is 2.09. The summed E-state index contributed by atoms with van der Waals surface area (Å²) < 4.78 is 24.6. The van der Waals surface area contributed by atoms with Gasteiger partial charge in [0, 0.05) is 10.6 Å². The van der Waals surface area contributed by atoms with Gasteiger partial charge in [-0.1, -0.05) is 30.0 Å². The highest BCUT2D eigenvalue weighted by atomic mass is 32.2. The van der Waals surface area contributed by atoms with Gasteiger partial charge in [0.05, 0.1) is 0 Å². The number of carbonyl (C=O) groups is 1. The minimum Gasteiger partial charge on any atom is -0.321 e. The maximum Gasteiger partial charge on any atom is 0.288 e. The number of thioether (sulfide) groups is 1. The summed E-state index contributed by atoms with van der Waals surface area (Å²) in [5, 5.41) is 11.8. The molecule has 3 nitrogen and oxygen atoms in total. The van der Waals surface area contributed by atoms with Crippen molar-refractivity contribution in [2.75, 3.05) is 5.32 Å². The van der Waals surface area contributed by atoms with E-state index in [2.05, 4.69) is 5.32 Å². The molecule has 0 atom stereocenters. The number of hydrogen-bond donors (Lipinski definition) is 1. The van der Waals surface area contributed by atoms with Crippen molar-refractivity contribution in [3.05, 3.63) is 64.7 Å². The first-order chi connectivity index (χ1) is 11.9. The number of nitrogens with one attached hydrogen (secondary N) is 1. The van der Waals surface area contributed by atoms with E-state index in [1.165, 1.54) is 30.3 Å². The Hall–Kier alpha value is -2.65. The highest BCUT2D eigenvalue weighted by molar-refractivity contribution is 7.99. The summed E-state index contributed by atoms with van der Waals surface area (Å²) in [6.07, 6.45) is 1.52. The van der Waals surface area contributed by atoms with E-state index in [1.54, 1.807) is 0 Å². The van der Waals surface area contributed by atoms with Gasteiger partial charge >= 0.3 is 0 Å². The normalized spacial score (nSPS) is 11.3. The van der Waals surface area contributed by atoms with Gasteiger partial charge in [0.1, 0.15) is 11.6 Å². The molecule has 0 saturated carbocycles. The number of amides is 1. The number of benzene rings is 2. The van der Waals surface area contributed by atoms with Gasteiger partial charge in [0.2, 0.25) is 0 Å². The van der Waals surface area contributed by atoms with Crippen molar-refractivity contribution in [3.63, 3.8) is 0 Å². The molecule has 0 saturated heterocycles. The molecule has 0 aliphatic rings. The number of alkyl halides is 2. The fourth-order valence-corrected chi connectivity index (χ4v) is 2.59. The van der Waals surface area contributed by atoms with E-state index in [0.717, 1.165) is 16.7 Å². The molecule has 6 heteroatoms. The summed E-state index contributed by atoms with van der Waals surface area (Å²) in [5.74, 6) is -3.04. The number of rotatable bonds is 5. The Morgan fingerprint density at radius 2 is 1.84 bits per heavy atom. The predicted molar refractivity (Wildman–Crippen MR) is 96.4 cm³/mol. The number of aryl methyl sites for hydroxylation is 2.